The molecule has 0 aliphatic carbocycles. The van der Waals surface area contributed by atoms with Gasteiger partial charge in [0.15, 0.2) is 11.1 Å². The van der Waals surface area contributed by atoms with Crippen LogP contribution in [0.3, 0.4) is 0 Å². The summed E-state index contributed by atoms with van der Waals surface area (Å²) >= 11 is 3.13. The Morgan fingerprint density at radius 1 is 1.18 bits per heavy atom. The monoisotopic (exact) mass is 414 g/mol. The number of hydrogen-bond donors (Lipinski definition) is 2. The van der Waals surface area contributed by atoms with E-state index < -0.39 is 0 Å². The maximum absolute atomic E-state index is 5.62. The van der Waals surface area contributed by atoms with Crippen molar-refractivity contribution < 1.29 is 4.74 Å². The van der Waals surface area contributed by atoms with E-state index >= 15 is 0 Å². The number of thiazole rings is 2. The van der Waals surface area contributed by atoms with Gasteiger partial charge in [-0.2, -0.15) is 0 Å². The number of guanidine groups is 1. The predicted octanol–water partition coefficient (Wildman–Crippen LogP) is 4.27. The van der Waals surface area contributed by atoms with E-state index in [0.717, 1.165) is 65.4 Å². The SMILES string of the molecule is CCCCOc1ccc(-c2nc(-c3csc(NC4=NCCCN4)n3)cs2)cn1. The molecule has 0 amide bonds. The van der Waals surface area contributed by atoms with E-state index in [1.807, 2.05) is 29.1 Å². The molecule has 4 heterocycles. The first-order valence-electron chi connectivity index (χ1n) is 9.38. The zero-order valence-corrected chi connectivity index (χ0v) is 17.3. The van der Waals surface area contributed by atoms with Crippen LogP contribution in [0.5, 0.6) is 5.88 Å². The maximum Gasteiger partial charge on any atom is 0.213 e. The van der Waals surface area contributed by atoms with Crippen LogP contribution in [0.1, 0.15) is 26.2 Å². The summed E-state index contributed by atoms with van der Waals surface area (Å²) in [5, 5.41) is 12.2. The summed E-state index contributed by atoms with van der Waals surface area (Å²) in [5.41, 5.74) is 2.71. The fourth-order valence-electron chi connectivity index (χ4n) is 2.60. The largest absolute Gasteiger partial charge is 0.478 e. The molecule has 7 nitrogen and oxygen atoms in total. The van der Waals surface area contributed by atoms with Gasteiger partial charge in [0, 0.05) is 41.7 Å². The Morgan fingerprint density at radius 2 is 2.07 bits per heavy atom. The molecule has 0 atom stereocenters. The second-order valence-electron chi connectivity index (χ2n) is 6.30. The molecule has 0 fully saturated rings. The summed E-state index contributed by atoms with van der Waals surface area (Å²) in [6, 6.07) is 3.90. The highest BCUT2D eigenvalue weighted by molar-refractivity contribution is 7.14. The third-order valence-electron chi connectivity index (χ3n) is 4.12. The van der Waals surface area contributed by atoms with Gasteiger partial charge >= 0.3 is 0 Å². The van der Waals surface area contributed by atoms with Gasteiger partial charge in [0.25, 0.3) is 0 Å². The summed E-state index contributed by atoms with van der Waals surface area (Å²) in [4.78, 5) is 18.1. The number of pyridine rings is 1. The second kappa shape index (κ2) is 9.11. The first kappa shape index (κ1) is 18.8. The lowest BCUT2D eigenvalue weighted by Gasteiger charge is -2.13. The second-order valence-corrected chi connectivity index (χ2v) is 8.01. The lowest BCUT2D eigenvalue weighted by molar-refractivity contribution is 0.298. The van der Waals surface area contributed by atoms with Gasteiger partial charge < -0.3 is 15.4 Å². The van der Waals surface area contributed by atoms with Crippen LogP contribution in [0.4, 0.5) is 5.13 Å². The average Bonchev–Trinajstić information content (AvgIpc) is 3.39. The molecule has 0 saturated heterocycles. The number of aliphatic imine (C=N–C) groups is 1. The highest BCUT2D eigenvalue weighted by Gasteiger charge is 2.12. The minimum Gasteiger partial charge on any atom is -0.478 e. The molecule has 146 valence electrons. The van der Waals surface area contributed by atoms with E-state index in [4.69, 9.17) is 9.72 Å². The summed E-state index contributed by atoms with van der Waals surface area (Å²) in [5.74, 6) is 1.45. The van der Waals surface area contributed by atoms with E-state index in [1.54, 1.807) is 22.7 Å². The first-order valence-corrected chi connectivity index (χ1v) is 11.1. The van der Waals surface area contributed by atoms with Gasteiger partial charge in [-0.25, -0.2) is 15.0 Å². The van der Waals surface area contributed by atoms with Crippen LogP contribution >= 0.6 is 22.7 Å². The third-order valence-corrected chi connectivity index (χ3v) is 5.77. The molecule has 3 aromatic rings. The number of rotatable bonds is 7. The van der Waals surface area contributed by atoms with Crippen molar-refractivity contribution in [3.05, 3.63) is 29.1 Å². The Kier molecular flexibility index (Phi) is 6.13. The summed E-state index contributed by atoms with van der Waals surface area (Å²) < 4.78 is 5.62. The predicted molar refractivity (Wildman–Crippen MR) is 115 cm³/mol. The Labute approximate surface area is 172 Å². The van der Waals surface area contributed by atoms with E-state index in [9.17, 15) is 0 Å². The molecule has 28 heavy (non-hydrogen) atoms. The Bertz CT molecular complexity index is 934. The van der Waals surface area contributed by atoms with Crippen LogP contribution in [0.2, 0.25) is 0 Å². The normalized spacial score (nSPS) is 13.7. The molecule has 0 unspecified atom stereocenters. The van der Waals surface area contributed by atoms with Gasteiger partial charge in [0.05, 0.1) is 6.61 Å². The van der Waals surface area contributed by atoms with Crippen LogP contribution in [0.15, 0.2) is 34.1 Å². The van der Waals surface area contributed by atoms with Gasteiger partial charge in [-0.1, -0.05) is 13.3 Å². The van der Waals surface area contributed by atoms with Crippen molar-refractivity contribution in [1.29, 1.82) is 0 Å². The van der Waals surface area contributed by atoms with E-state index in [2.05, 4.69) is 32.5 Å². The van der Waals surface area contributed by atoms with E-state index in [1.165, 1.54) is 0 Å². The molecule has 0 radical (unpaired) electrons. The van der Waals surface area contributed by atoms with Crippen molar-refractivity contribution in [2.75, 3.05) is 25.0 Å². The van der Waals surface area contributed by atoms with E-state index in [-0.39, 0.29) is 0 Å². The Balaban J connectivity index is 1.42. The number of hydrogen-bond acceptors (Lipinski definition) is 9. The van der Waals surface area contributed by atoms with Crippen molar-refractivity contribution in [2.45, 2.75) is 26.2 Å². The minimum atomic E-state index is 0.656. The van der Waals surface area contributed by atoms with Gasteiger partial charge in [0.2, 0.25) is 5.88 Å². The molecule has 2 N–H and O–H groups in total. The number of unbranched alkanes of at least 4 members (excludes halogenated alkanes) is 1. The molecule has 0 saturated carbocycles. The van der Waals surface area contributed by atoms with Crippen molar-refractivity contribution in [2.24, 2.45) is 4.99 Å². The fourth-order valence-corrected chi connectivity index (χ4v) is 4.11. The number of nitrogens with one attached hydrogen (secondary N) is 2. The lowest BCUT2D eigenvalue weighted by Crippen LogP contribution is -2.35. The topological polar surface area (TPSA) is 84.3 Å². The van der Waals surface area contributed by atoms with Gasteiger partial charge in [-0.3, -0.25) is 4.99 Å². The molecule has 0 bridgehead atoms. The molecular weight excluding hydrogens is 392 g/mol. The number of anilines is 1. The molecule has 3 aromatic heterocycles. The molecule has 0 aromatic carbocycles. The quantitative estimate of drug-likeness (QED) is 0.562. The van der Waals surface area contributed by atoms with Crippen molar-refractivity contribution in [3.8, 4) is 27.8 Å². The van der Waals surface area contributed by atoms with Crippen LogP contribution < -0.4 is 15.4 Å². The molecule has 1 aliphatic rings. The average molecular weight is 415 g/mol. The van der Waals surface area contributed by atoms with Crippen molar-refractivity contribution in [3.63, 3.8) is 0 Å². The summed E-state index contributed by atoms with van der Waals surface area (Å²) in [6.45, 7) is 4.63. The highest BCUT2D eigenvalue weighted by Crippen LogP contribution is 2.30. The third kappa shape index (κ3) is 4.66. The smallest absolute Gasteiger partial charge is 0.213 e. The summed E-state index contributed by atoms with van der Waals surface area (Å²) in [7, 11) is 0. The maximum atomic E-state index is 5.62. The molecule has 1 aliphatic heterocycles. The molecule has 9 heteroatoms. The Morgan fingerprint density at radius 3 is 2.86 bits per heavy atom. The van der Waals surface area contributed by atoms with E-state index in [0.29, 0.717) is 12.5 Å². The van der Waals surface area contributed by atoms with Gasteiger partial charge in [0.1, 0.15) is 16.4 Å². The van der Waals surface area contributed by atoms with Gasteiger partial charge in [-0.15, -0.1) is 22.7 Å². The van der Waals surface area contributed by atoms with Crippen LogP contribution in [0, 0.1) is 0 Å². The first-order chi connectivity index (χ1) is 13.8. The molecular formula is C19H22N6OS2. The van der Waals surface area contributed by atoms with Crippen molar-refractivity contribution in [1.82, 2.24) is 20.3 Å². The van der Waals surface area contributed by atoms with Crippen LogP contribution in [-0.2, 0) is 0 Å². The number of ether oxygens (including phenoxy) is 1. The van der Waals surface area contributed by atoms with Crippen molar-refractivity contribution >= 4 is 33.8 Å². The standard InChI is InChI=1S/C19H22N6OS2/c1-2-3-9-26-16-6-5-13(10-22-16)17-23-14(11-27-17)15-12-28-19(24-15)25-18-20-7-4-8-21-18/h5-6,10-12H,2-4,7-9H2,1H3,(H2,20,21,24,25). The minimum absolute atomic E-state index is 0.656. The highest BCUT2D eigenvalue weighted by atomic mass is 32.1. The lowest BCUT2D eigenvalue weighted by atomic mass is 10.3. The zero-order valence-electron chi connectivity index (χ0n) is 15.6. The molecule has 4 rings (SSSR count). The fraction of sp³-hybridized carbons (Fsp3) is 0.368. The van der Waals surface area contributed by atoms with Gasteiger partial charge in [-0.05, 0) is 18.9 Å². The van der Waals surface area contributed by atoms with Crippen LogP contribution in [0.25, 0.3) is 22.0 Å². The Hall–Kier alpha value is -2.52. The number of aromatic nitrogens is 3. The molecule has 0 spiro atoms. The number of nitrogens with zero attached hydrogens (tertiary/aromatic N) is 4. The van der Waals surface area contributed by atoms with Crippen LogP contribution in [-0.4, -0.2) is 40.6 Å². The zero-order chi connectivity index (χ0) is 19.2. The summed E-state index contributed by atoms with van der Waals surface area (Å²) in [6.07, 6.45) is 5.02.